The predicted octanol–water partition coefficient (Wildman–Crippen LogP) is 4.58. The first-order chi connectivity index (χ1) is 14.0. The Kier molecular flexibility index (Phi) is 6.34. The Morgan fingerprint density at radius 2 is 1.79 bits per heavy atom. The van der Waals surface area contributed by atoms with E-state index in [9.17, 15) is 4.79 Å². The van der Waals surface area contributed by atoms with Crippen molar-refractivity contribution in [2.24, 2.45) is 0 Å². The molecule has 2 aromatic carbocycles. The van der Waals surface area contributed by atoms with Crippen LogP contribution in [-0.2, 0) is 6.54 Å². The molecular weight excluding hydrogens is 366 g/mol. The van der Waals surface area contributed by atoms with Gasteiger partial charge < -0.3 is 20.1 Å². The van der Waals surface area contributed by atoms with Crippen LogP contribution in [0.4, 0.5) is 11.5 Å². The fourth-order valence-electron chi connectivity index (χ4n) is 2.93. The fraction of sp³-hybridized carbons (Fsp3) is 0.217. The molecule has 150 valence electrons. The van der Waals surface area contributed by atoms with Crippen LogP contribution in [0.2, 0.25) is 0 Å². The number of anilines is 2. The van der Waals surface area contributed by atoms with Crippen molar-refractivity contribution in [3.63, 3.8) is 0 Å². The Morgan fingerprint density at radius 1 is 1.00 bits per heavy atom. The number of carbonyl (C=O) groups is 1. The average molecular weight is 391 g/mol. The van der Waals surface area contributed by atoms with Crippen LogP contribution in [0.5, 0.6) is 11.5 Å². The van der Waals surface area contributed by atoms with Gasteiger partial charge >= 0.3 is 0 Å². The van der Waals surface area contributed by atoms with Crippen molar-refractivity contribution in [3.05, 3.63) is 77.0 Å². The normalized spacial score (nSPS) is 10.3. The zero-order chi connectivity index (χ0) is 20.8. The highest BCUT2D eigenvalue weighted by Crippen LogP contribution is 2.27. The first-order valence-electron chi connectivity index (χ1n) is 9.30. The maximum absolute atomic E-state index is 12.7. The molecule has 6 nitrogen and oxygen atoms in total. The number of benzene rings is 2. The van der Waals surface area contributed by atoms with Gasteiger partial charge in [0.1, 0.15) is 5.82 Å². The predicted molar refractivity (Wildman–Crippen MR) is 115 cm³/mol. The van der Waals surface area contributed by atoms with E-state index < -0.39 is 0 Å². The van der Waals surface area contributed by atoms with E-state index in [1.165, 1.54) is 0 Å². The lowest BCUT2D eigenvalue weighted by Gasteiger charge is -2.12. The van der Waals surface area contributed by atoms with Crippen LogP contribution in [0.3, 0.4) is 0 Å². The van der Waals surface area contributed by atoms with Crippen molar-refractivity contribution in [1.82, 2.24) is 4.98 Å². The Labute approximate surface area is 170 Å². The van der Waals surface area contributed by atoms with E-state index in [4.69, 9.17) is 9.47 Å². The van der Waals surface area contributed by atoms with Crippen LogP contribution in [0, 0.1) is 13.8 Å². The number of carbonyl (C=O) groups excluding carboxylic acids is 1. The molecule has 2 N–H and O–H groups in total. The van der Waals surface area contributed by atoms with Crippen molar-refractivity contribution in [2.75, 3.05) is 24.9 Å². The second kappa shape index (κ2) is 9.10. The summed E-state index contributed by atoms with van der Waals surface area (Å²) in [5.41, 5.74) is 4.55. The van der Waals surface area contributed by atoms with Gasteiger partial charge in [0.05, 0.1) is 14.2 Å². The molecule has 3 aromatic rings. The van der Waals surface area contributed by atoms with Gasteiger partial charge in [-0.2, -0.15) is 0 Å². The Hall–Kier alpha value is -3.54. The topological polar surface area (TPSA) is 72.5 Å². The third-order valence-corrected chi connectivity index (χ3v) is 4.80. The molecule has 0 aliphatic carbocycles. The second-order valence-corrected chi connectivity index (χ2v) is 6.67. The number of hydrogen-bond acceptors (Lipinski definition) is 5. The maximum Gasteiger partial charge on any atom is 0.255 e. The third kappa shape index (κ3) is 4.85. The van der Waals surface area contributed by atoms with Crippen molar-refractivity contribution in [1.29, 1.82) is 0 Å². The van der Waals surface area contributed by atoms with Gasteiger partial charge in [0, 0.05) is 24.0 Å². The van der Waals surface area contributed by atoms with Crippen molar-refractivity contribution in [3.8, 4) is 11.5 Å². The SMILES string of the molecule is COc1ccc(CNc2cc(C(=O)Nc3cccc(C)c3C)ccn2)cc1OC. The van der Waals surface area contributed by atoms with Crippen LogP contribution < -0.4 is 20.1 Å². The highest BCUT2D eigenvalue weighted by molar-refractivity contribution is 6.05. The minimum atomic E-state index is -0.171. The van der Waals surface area contributed by atoms with E-state index >= 15 is 0 Å². The monoisotopic (exact) mass is 391 g/mol. The number of aromatic nitrogens is 1. The smallest absolute Gasteiger partial charge is 0.255 e. The zero-order valence-corrected chi connectivity index (χ0v) is 17.1. The molecule has 0 radical (unpaired) electrons. The van der Waals surface area contributed by atoms with E-state index in [1.54, 1.807) is 32.5 Å². The van der Waals surface area contributed by atoms with Crippen LogP contribution in [-0.4, -0.2) is 25.1 Å². The van der Waals surface area contributed by atoms with Crippen molar-refractivity contribution >= 4 is 17.4 Å². The molecule has 0 unspecified atom stereocenters. The molecule has 0 spiro atoms. The number of ether oxygens (including phenoxy) is 2. The molecule has 1 amide bonds. The molecule has 29 heavy (non-hydrogen) atoms. The number of nitrogens with one attached hydrogen (secondary N) is 2. The molecule has 1 aromatic heterocycles. The van der Waals surface area contributed by atoms with Crippen LogP contribution in [0.15, 0.2) is 54.7 Å². The van der Waals surface area contributed by atoms with Gasteiger partial charge in [-0.15, -0.1) is 0 Å². The van der Waals surface area contributed by atoms with Gasteiger partial charge in [0.25, 0.3) is 5.91 Å². The van der Waals surface area contributed by atoms with Gasteiger partial charge in [-0.3, -0.25) is 4.79 Å². The minimum absolute atomic E-state index is 0.171. The summed E-state index contributed by atoms with van der Waals surface area (Å²) in [5.74, 6) is 1.80. The lowest BCUT2D eigenvalue weighted by atomic mass is 10.1. The summed E-state index contributed by atoms with van der Waals surface area (Å²) in [6, 6.07) is 15.0. The summed E-state index contributed by atoms with van der Waals surface area (Å²) < 4.78 is 10.6. The molecule has 6 heteroatoms. The van der Waals surface area contributed by atoms with E-state index in [1.807, 2.05) is 50.2 Å². The third-order valence-electron chi connectivity index (χ3n) is 4.80. The van der Waals surface area contributed by atoms with Gasteiger partial charge in [-0.1, -0.05) is 18.2 Å². The first-order valence-corrected chi connectivity index (χ1v) is 9.30. The standard InChI is InChI=1S/C23H25N3O3/c1-15-6-5-7-19(16(15)2)26-23(27)18-10-11-24-22(13-18)25-14-17-8-9-20(28-3)21(12-17)29-4/h5-13H,14H2,1-4H3,(H,24,25)(H,26,27). The summed E-state index contributed by atoms with van der Waals surface area (Å²) in [4.78, 5) is 17.0. The fourth-order valence-corrected chi connectivity index (χ4v) is 2.93. The molecule has 0 fully saturated rings. The summed E-state index contributed by atoms with van der Waals surface area (Å²) in [6.45, 7) is 4.55. The number of amides is 1. The van der Waals surface area contributed by atoms with Crippen molar-refractivity contribution < 1.29 is 14.3 Å². The summed E-state index contributed by atoms with van der Waals surface area (Å²) in [7, 11) is 3.21. The first kappa shape index (κ1) is 20.2. The molecule has 0 bridgehead atoms. The molecule has 0 saturated heterocycles. The molecule has 0 saturated carbocycles. The Balaban J connectivity index is 1.69. The summed E-state index contributed by atoms with van der Waals surface area (Å²) in [5, 5.41) is 6.21. The maximum atomic E-state index is 12.7. The highest BCUT2D eigenvalue weighted by Gasteiger charge is 2.10. The largest absolute Gasteiger partial charge is 0.493 e. The summed E-state index contributed by atoms with van der Waals surface area (Å²) >= 11 is 0. The van der Waals surface area contributed by atoms with E-state index in [-0.39, 0.29) is 5.91 Å². The number of aryl methyl sites for hydroxylation is 1. The second-order valence-electron chi connectivity index (χ2n) is 6.67. The Morgan fingerprint density at radius 3 is 2.55 bits per heavy atom. The Bertz CT molecular complexity index is 1020. The lowest BCUT2D eigenvalue weighted by molar-refractivity contribution is 0.102. The zero-order valence-electron chi connectivity index (χ0n) is 17.1. The van der Waals surface area contributed by atoms with Crippen LogP contribution in [0.25, 0.3) is 0 Å². The highest BCUT2D eigenvalue weighted by atomic mass is 16.5. The number of nitrogens with zero attached hydrogens (tertiary/aromatic N) is 1. The minimum Gasteiger partial charge on any atom is -0.493 e. The number of rotatable bonds is 7. The summed E-state index contributed by atoms with van der Waals surface area (Å²) in [6.07, 6.45) is 1.62. The molecule has 0 aliphatic rings. The van der Waals surface area contributed by atoms with Gasteiger partial charge in [0.15, 0.2) is 11.5 Å². The molecule has 0 atom stereocenters. The van der Waals surface area contributed by atoms with E-state index in [0.717, 1.165) is 22.4 Å². The average Bonchev–Trinajstić information content (AvgIpc) is 2.75. The van der Waals surface area contributed by atoms with Crippen LogP contribution >= 0.6 is 0 Å². The lowest BCUT2D eigenvalue weighted by Crippen LogP contribution is -2.14. The van der Waals surface area contributed by atoms with E-state index in [0.29, 0.717) is 29.4 Å². The molecule has 1 heterocycles. The molecule has 3 rings (SSSR count). The quantitative estimate of drug-likeness (QED) is 0.617. The van der Waals surface area contributed by atoms with Crippen molar-refractivity contribution in [2.45, 2.75) is 20.4 Å². The molecular formula is C23H25N3O3. The number of hydrogen-bond donors (Lipinski definition) is 2. The van der Waals surface area contributed by atoms with Gasteiger partial charge in [-0.25, -0.2) is 4.98 Å². The van der Waals surface area contributed by atoms with E-state index in [2.05, 4.69) is 15.6 Å². The number of pyridine rings is 1. The molecule has 0 aliphatic heterocycles. The van der Waals surface area contributed by atoms with Gasteiger partial charge in [0.2, 0.25) is 0 Å². The number of methoxy groups -OCH3 is 2. The van der Waals surface area contributed by atoms with Gasteiger partial charge in [-0.05, 0) is 60.9 Å². The van der Waals surface area contributed by atoms with Crippen LogP contribution in [0.1, 0.15) is 27.0 Å².